The Morgan fingerprint density at radius 1 is 1.32 bits per heavy atom. The van der Waals surface area contributed by atoms with Crippen LogP contribution in [-0.4, -0.2) is 67.7 Å². The normalized spacial score (nSPS) is 16.2. The van der Waals surface area contributed by atoms with Gasteiger partial charge in [-0.1, -0.05) is 13.8 Å². The zero-order valence-electron chi connectivity index (χ0n) is 17.4. The highest BCUT2D eigenvalue weighted by molar-refractivity contribution is 5.76. The summed E-state index contributed by atoms with van der Waals surface area (Å²) in [6.45, 7) is 3.96. The third-order valence-corrected chi connectivity index (χ3v) is 4.73. The highest BCUT2D eigenvalue weighted by Crippen LogP contribution is 2.27. The van der Waals surface area contributed by atoms with Crippen molar-refractivity contribution >= 4 is 23.3 Å². The first kappa shape index (κ1) is 24.0. The summed E-state index contributed by atoms with van der Waals surface area (Å²) < 4.78 is 11.4. The summed E-state index contributed by atoms with van der Waals surface area (Å²) in [5.74, 6) is -2.98. The van der Waals surface area contributed by atoms with Crippen LogP contribution in [0.5, 0.6) is 0 Å². The number of nitriles is 1. The highest BCUT2D eigenvalue weighted by Gasteiger charge is 2.39. The predicted octanol–water partition coefficient (Wildman–Crippen LogP) is -0.901. The number of hydrogen-bond acceptors (Lipinski definition) is 11. The van der Waals surface area contributed by atoms with E-state index in [4.69, 9.17) is 20.9 Å². The summed E-state index contributed by atoms with van der Waals surface area (Å²) >= 11 is 0. The standard InChI is InChI=1S/C19H26N6O6/c1-9(2)15(21)19(29)31-17(14(27)7-30-10(3)26)16(28)11(6-20)12-4-5-13-18(22)23-8-24-25(12)13/h4-5,8-9,11,14-17,27-28H,7,21H2,1-3H3,(H2,22,23,24)/t11-,14+,15-,16+,17+/m0/s1. The number of esters is 2. The maximum atomic E-state index is 12.4. The Morgan fingerprint density at radius 2 is 2.00 bits per heavy atom. The number of ether oxygens (including phenoxy) is 2. The number of anilines is 1. The van der Waals surface area contributed by atoms with E-state index in [1.54, 1.807) is 19.9 Å². The molecule has 0 bridgehead atoms. The first-order valence-electron chi connectivity index (χ1n) is 9.51. The van der Waals surface area contributed by atoms with Crippen LogP contribution < -0.4 is 11.5 Å². The van der Waals surface area contributed by atoms with Crippen LogP contribution in [0, 0.1) is 17.2 Å². The van der Waals surface area contributed by atoms with Gasteiger partial charge in [0.05, 0.1) is 11.8 Å². The van der Waals surface area contributed by atoms with Crippen molar-refractivity contribution in [2.45, 2.75) is 51.0 Å². The Labute approximate surface area is 178 Å². The number of aromatic nitrogens is 3. The SMILES string of the molecule is CC(=O)OC[C@@H](O)[C@@H](OC(=O)[C@@H](N)C(C)C)[C@H](O)[C@@H](C#N)c1ccc2c(N)ncnn12. The molecule has 0 saturated heterocycles. The van der Waals surface area contributed by atoms with Gasteiger partial charge in [0.15, 0.2) is 11.9 Å². The van der Waals surface area contributed by atoms with E-state index < -0.39 is 48.8 Å². The smallest absolute Gasteiger partial charge is 0.323 e. The van der Waals surface area contributed by atoms with E-state index in [-0.39, 0.29) is 17.4 Å². The number of rotatable bonds is 9. The number of fused-ring (bicyclic) bond motifs is 1. The summed E-state index contributed by atoms with van der Waals surface area (Å²) in [5.41, 5.74) is 12.2. The molecule has 0 saturated carbocycles. The number of carbonyl (C=O) groups excluding carboxylic acids is 2. The van der Waals surface area contributed by atoms with Crippen LogP contribution in [0.4, 0.5) is 5.82 Å². The summed E-state index contributed by atoms with van der Waals surface area (Å²) in [6.07, 6.45) is -3.77. The molecule has 0 amide bonds. The third kappa shape index (κ3) is 5.46. The molecule has 0 spiro atoms. The van der Waals surface area contributed by atoms with E-state index in [1.165, 1.54) is 16.9 Å². The lowest BCUT2D eigenvalue weighted by atomic mass is 9.93. The number of nitrogens with two attached hydrogens (primary N) is 2. The molecule has 31 heavy (non-hydrogen) atoms. The lowest BCUT2D eigenvalue weighted by molar-refractivity contribution is -0.173. The second-order valence-corrected chi connectivity index (χ2v) is 7.34. The van der Waals surface area contributed by atoms with Gasteiger partial charge in [-0.05, 0) is 18.1 Å². The minimum absolute atomic E-state index is 0.160. The van der Waals surface area contributed by atoms with Crippen molar-refractivity contribution in [2.24, 2.45) is 11.7 Å². The Balaban J connectivity index is 2.39. The zero-order valence-corrected chi connectivity index (χ0v) is 17.4. The molecule has 12 nitrogen and oxygen atoms in total. The lowest BCUT2D eigenvalue weighted by Gasteiger charge is -2.30. The average molecular weight is 434 g/mol. The Bertz CT molecular complexity index is 970. The summed E-state index contributed by atoms with van der Waals surface area (Å²) in [6, 6.07) is 3.97. The quantitative estimate of drug-likeness (QED) is 0.356. The van der Waals surface area contributed by atoms with Gasteiger partial charge in [-0.15, -0.1) is 0 Å². The zero-order chi connectivity index (χ0) is 23.3. The molecule has 0 aliphatic heterocycles. The molecule has 2 rings (SSSR count). The number of hydrogen-bond donors (Lipinski definition) is 4. The van der Waals surface area contributed by atoms with Crippen LogP contribution in [0.15, 0.2) is 18.5 Å². The molecule has 5 atom stereocenters. The molecule has 0 fully saturated rings. The van der Waals surface area contributed by atoms with Gasteiger partial charge in [0.1, 0.15) is 42.6 Å². The fourth-order valence-electron chi connectivity index (χ4n) is 2.87. The second kappa shape index (κ2) is 10.2. The lowest BCUT2D eigenvalue weighted by Crippen LogP contribution is -2.49. The van der Waals surface area contributed by atoms with Crippen molar-refractivity contribution in [3.05, 3.63) is 24.2 Å². The largest absolute Gasteiger partial charge is 0.463 e. The van der Waals surface area contributed by atoms with Crippen LogP contribution in [-0.2, 0) is 19.1 Å². The van der Waals surface area contributed by atoms with Gasteiger partial charge < -0.3 is 31.2 Å². The van der Waals surface area contributed by atoms with Crippen molar-refractivity contribution < 1.29 is 29.3 Å². The Kier molecular flexibility index (Phi) is 7.87. The fraction of sp³-hybridized carbons (Fsp3) is 0.526. The highest BCUT2D eigenvalue weighted by atomic mass is 16.6. The monoisotopic (exact) mass is 434 g/mol. The van der Waals surface area contributed by atoms with Crippen molar-refractivity contribution in [1.29, 1.82) is 5.26 Å². The molecular formula is C19H26N6O6. The number of nitrogen functional groups attached to an aromatic ring is 1. The molecule has 168 valence electrons. The number of carbonyl (C=O) groups is 2. The van der Waals surface area contributed by atoms with Crippen molar-refractivity contribution in [1.82, 2.24) is 14.6 Å². The molecular weight excluding hydrogens is 408 g/mol. The molecule has 6 N–H and O–H groups in total. The fourth-order valence-corrected chi connectivity index (χ4v) is 2.87. The van der Waals surface area contributed by atoms with Crippen molar-refractivity contribution in [2.75, 3.05) is 12.3 Å². The van der Waals surface area contributed by atoms with E-state index in [1.807, 2.05) is 6.07 Å². The van der Waals surface area contributed by atoms with Gasteiger partial charge in [0.25, 0.3) is 0 Å². The molecule has 0 aromatic carbocycles. The Morgan fingerprint density at radius 3 is 2.58 bits per heavy atom. The minimum atomic E-state index is -1.71. The molecule has 2 heterocycles. The van der Waals surface area contributed by atoms with Crippen LogP contribution in [0.3, 0.4) is 0 Å². The van der Waals surface area contributed by atoms with Crippen LogP contribution in [0.2, 0.25) is 0 Å². The number of aliphatic hydroxyl groups excluding tert-OH is 2. The molecule has 2 aromatic rings. The summed E-state index contributed by atoms with van der Waals surface area (Å²) in [4.78, 5) is 27.4. The van der Waals surface area contributed by atoms with E-state index in [0.29, 0.717) is 5.52 Å². The second-order valence-electron chi connectivity index (χ2n) is 7.34. The van der Waals surface area contributed by atoms with Gasteiger partial charge >= 0.3 is 11.9 Å². The summed E-state index contributed by atoms with van der Waals surface area (Å²) in [7, 11) is 0. The maximum Gasteiger partial charge on any atom is 0.323 e. The molecule has 12 heteroatoms. The van der Waals surface area contributed by atoms with Gasteiger partial charge in [-0.2, -0.15) is 10.4 Å². The van der Waals surface area contributed by atoms with Gasteiger partial charge in [-0.25, -0.2) is 9.50 Å². The van der Waals surface area contributed by atoms with Crippen molar-refractivity contribution in [3.63, 3.8) is 0 Å². The molecule has 0 radical (unpaired) electrons. The van der Waals surface area contributed by atoms with E-state index in [0.717, 1.165) is 6.92 Å². The van der Waals surface area contributed by atoms with E-state index >= 15 is 0 Å². The Hall–Kier alpha value is -3.27. The van der Waals surface area contributed by atoms with Crippen LogP contribution in [0.25, 0.3) is 5.52 Å². The molecule has 0 unspecified atom stereocenters. The first-order chi connectivity index (χ1) is 14.6. The van der Waals surface area contributed by atoms with Crippen LogP contribution in [0.1, 0.15) is 32.4 Å². The molecule has 0 aliphatic rings. The molecule has 0 aliphatic carbocycles. The topological polar surface area (TPSA) is 199 Å². The van der Waals surface area contributed by atoms with E-state index in [9.17, 15) is 25.1 Å². The number of nitrogens with zero attached hydrogens (tertiary/aromatic N) is 4. The summed E-state index contributed by atoms with van der Waals surface area (Å²) in [5, 5.41) is 35.2. The average Bonchev–Trinajstić information content (AvgIpc) is 3.15. The van der Waals surface area contributed by atoms with E-state index in [2.05, 4.69) is 10.1 Å². The van der Waals surface area contributed by atoms with Crippen molar-refractivity contribution in [3.8, 4) is 6.07 Å². The third-order valence-electron chi connectivity index (χ3n) is 4.73. The van der Waals surface area contributed by atoms with Gasteiger partial charge in [0, 0.05) is 6.92 Å². The van der Waals surface area contributed by atoms with Gasteiger partial charge in [-0.3, -0.25) is 9.59 Å². The molecule has 2 aromatic heterocycles. The maximum absolute atomic E-state index is 12.4. The first-order valence-corrected chi connectivity index (χ1v) is 9.51. The van der Waals surface area contributed by atoms with Gasteiger partial charge in [0.2, 0.25) is 0 Å². The predicted molar refractivity (Wildman–Crippen MR) is 107 cm³/mol. The minimum Gasteiger partial charge on any atom is -0.463 e. The number of aliphatic hydroxyl groups is 2. The van der Waals surface area contributed by atoms with Crippen LogP contribution >= 0.6 is 0 Å².